The van der Waals surface area contributed by atoms with Gasteiger partial charge in [-0.15, -0.1) is 11.3 Å². The van der Waals surface area contributed by atoms with Crippen LogP contribution in [0.1, 0.15) is 49.7 Å². The van der Waals surface area contributed by atoms with Gasteiger partial charge in [0.25, 0.3) is 5.91 Å². The number of thiophene rings is 1. The van der Waals surface area contributed by atoms with E-state index in [1.54, 1.807) is 0 Å². The number of halogens is 1. The van der Waals surface area contributed by atoms with Gasteiger partial charge in [0, 0.05) is 20.1 Å². The number of amides is 1. The van der Waals surface area contributed by atoms with Crippen molar-refractivity contribution in [3.05, 3.63) is 27.5 Å². The second kappa shape index (κ2) is 6.36. The van der Waals surface area contributed by atoms with Crippen LogP contribution < -0.4 is 11.1 Å². The number of anilines is 1. The predicted octanol–water partition coefficient (Wildman–Crippen LogP) is 4.94. The lowest BCUT2D eigenvalue weighted by atomic mass is 9.89. The largest absolute Gasteiger partial charge is 0.397 e. The Kier molecular flexibility index (Phi) is 4.94. The molecule has 2 rings (SSSR count). The molecule has 0 atom stereocenters. The number of nitrogens with two attached hydrogens (primary N) is 1. The van der Waals surface area contributed by atoms with Crippen molar-refractivity contribution in [1.29, 1.82) is 0 Å². The topological polar surface area (TPSA) is 55.1 Å². The van der Waals surface area contributed by atoms with Gasteiger partial charge in [0.15, 0.2) is 0 Å². The summed E-state index contributed by atoms with van der Waals surface area (Å²) >= 11 is 4.96. The zero-order valence-corrected chi connectivity index (χ0v) is 15.0. The molecule has 21 heavy (non-hydrogen) atoms. The molecular formula is C16H21BrN2OS. The highest BCUT2D eigenvalue weighted by atomic mass is 79.9. The Morgan fingerprint density at radius 1 is 1.29 bits per heavy atom. The Bertz CT molecular complexity index is 653. The SMILES string of the molecule is CCC(CC)(CC)NC(=O)c1sc2cccc(Br)c2c1N. The molecule has 1 aromatic heterocycles. The van der Waals surface area contributed by atoms with E-state index in [9.17, 15) is 4.79 Å². The molecule has 3 N–H and O–H groups in total. The summed E-state index contributed by atoms with van der Waals surface area (Å²) in [5.74, 6) is -0.0637. The normalized spacial score (nSPS) is 11.8. The Morgan fingerprint density at radius 2 is 1.90 bits per heavy atom. The van der Waals surface area contributed by atoms with Crippen LogP contribution in [0.4, 0.5) is 5.69 Å². The average molecular weight is 369 g/mol. The molecule has 0 saturated heterocycles. The van der Waals surface area contributed by atoms with Crippen molar-refractivity contribution in [3.63, 3.8) is 0 Å². The van der Waals surface area contributed by atoms with Crippen LogP contribution in [-0.4, -0.2) is 11.4 Å². The number of carbonyl (C=O) groups is 1. The minimum atomic E-state index is -0.142. The van der Waals surface area contributed by atoms with Crippen LogP contribution in [0.15, 0.2) is 22.7 Å². The van der Waals surface area contributed by atoms with Crippen molar-refractivity contribution >= 4 is 48.9 Å². The molecule has 0 bridgehead atoms. The fraction of sp³-hybridized carbons (Fsp3) is 0.438. The van der Waals surface area contributed by atoms with E-state index in [1.165, 1.54) is 11.3 Å². The van der Waals surface area contributed by atoms with Gasteiger partial charge in [-0.2, -0.15) is 0 Å². The lowest BCUT2D eigenvalue weighted by molar-refractivity contribution is 0.0893. The van der Waals surface area contributed by atoms with E-state index in [0.717, 1.165) is 33.8 Å². The Labute approximate surface area is 138 Å². The average Bonchev–Trinajstić information content (AvgIpc) is 2.83. The molecule has 0 spiro atoms. The lowest BCUT2D eigenvalue weighted by Gasteiger charge is -2.31. The maximum Gasteiger partial charge on any atom is 0.263 e. The molecule has 0 aliphatic heterocycles. The Morgan fingerprint density at radius 3 is 2.43 bits per heavy atom. The summed E-state index contributed by atoms with van der Waals surface area (Å²) < 4.78 is 1.96. The van der Waals surface area contributed by atoms with Crippen LogP contribution in [-0.2, 0) is 0 Å². The van der Waals surface area contributed by atoms with Crippen LogP contribution in [0, 0.1) is 0 Å². The number of carbonyl (C=O) groups excluding carboxylic acids is 1. The van der Waals surface area contributed by atoms with Crippen LogP contribution in [0.25, 0.3) is 10.1 Å². The predicted molar refractivity (Wildman–Crippen MR) is 95.0 cm³/mol. The lowest BCUT2D eigenvalue weighted by Crippen LogP contribution is -2.47. The highest BCUT2D eigenvalue weighted by Gasteiger charge is 2.28. The van der Waals surface area contributed by atoms with E-state index < -0.39 is 0 Å². The molecule has 2 aromatic rings. The van der Waals surface area contributed by atoms with E-state index in [2.05, 4.69) is 42.0 Å². The first-order valence-corrected chi connectivity index (χ1v) is 8.88. The molecule has 0 radical (unpaired) electrons. The fourth-order valence-electron chi connectivity index (χ4n) is 2.61. The van der Waals surface area contributed by atoms with E-state index in [4.69, 9.17) is 5.73 Å². The first kappa shape index (κ1) is 16.3. The third-order valence-corrected chi connectivity index (χ3v) is 6.15. The minimum absolute atomic E-state index is 0.0637. The molecule has 0 aliphatic carbocycles. The molecule has 114 valence electrons. The third kappa shape index (κ3) is 2.94. The van der Waals surface area contributed by atoms with E-state index >= 15 is 0 Å². The first-order valence-electron chi connectivity index (χ1n) is 7.27. The van der Waals surface area contributed by atoms with Gasteiger partial charge < -0.3 is 11.1 Å². The monoisotopic (exact) mass is 368 g/mol. The second-order valence-corrected chi connectivity index (χ2v) is 7.16. The van der Waals surface area contributed by atoms with Crippen molar-refractivity contribution in [2.45, 2.75) is 45.6 Å². The van der Waals surface area contributed by atoms with Gasteiger partial charge in [0.05, 0.1) is 5.69 Å². The molecule has 5 heteroatoms. The highest BCUT2D eigenvalue weighted by Crippen LogP contribution is 2.38. The summed E-state index contributed by atoms with van der Waals surface area (Å²) in [7, 11) is 0. The molecular weight excluding hydrogens is 348 g/mol. The molecule has 1 amide bonds. The maximum absolute atomic E-state index is 12.6. The van der Waals surface area contributed by atoms with Crippen LogP contribution in [0.3, 0.4) is 0 Å². The van der Waals surface area contributed by atoms with Crippen molar-refractivity contribution in [1.82, 2.24) is 5.32 Å². The van der Waals surface area contributed by atoms with Gasteiger partial charge in [0.1, 0.15) is 4.88 Å². The number of hydrogen-bond acceptors (Lipinski definition) is 3. The van der Waals surface area contributed by atoms with Gasteiger partial charge in [0.2, 0.25) is 0 Å². The molecule has 1 heterocycles. The molecule has 0 saturated carbocycles. The van der Waals surface area contributed by atoms with Crippen molar-refractivity contribution in [2.75, 3.05) is 5.73 Å². The number of rotatable bonds is 5. The van der Waals surface area contributed by atoms with Crippen molar-refractivity contribution < 1.29 is 4.79 Å². The van der Waals surface area contributed by atoms with Crippen LogP contribution >= 0.6 is 27.3 Å². The molecule has 0 unspecified atom stereocenters. The number of nitrogens with one attached hydrogen (secondary N) is 1. The molecule has 0 aliphatic rings. The number of benzene rings is 1. The van der Waals surface area contributed by atoms with Crippen molar-refractivity contribution in [2.24, 2.45) is 0 Å². The fourth-order valence-corrected chi connectivity index (χ4v) is 4.37. The van der Waals surface area contributed by atoms with Crippen LogP contribution in [0.5, 0.6) is 0 Å². The standard InChI is InChI=1S/C16H21BrN2OS/c1-4-16(5-2,6-3)19-15(20)14-13(18)12-10(17)8-7-9-11(12)21-14/h7-9H,4-6,18H2,1-3H3,(H,19,20). The summed E-state index contributed by atoms with van der Waals surface area (Å²) in [5, 5.41) is 4.13. The minimum Gasteiger partial charge on any atom is -0.397 e. The quantitative estimate of drug-likeness (QED) is 0.784. The number of hydrogen-bond donors (Lipinski definition) is 2. The molecule has 3 nitrogen and oxygen atoms in total. The smallest absolute Gasteiger partial charge is 0.263 e. The van der Waals surface area contributed by atoms with Crippen molar-refractivity contribution in [3.8, 4) is 0 Å². The summed E-state index contributed by atoms with van der Waals surface area (Å²) in [5.41, 5.74) is 6.63. The van der Waals surface area contributed by atoms with E-state index in [-0.39, 0.29) is 11.4 Å². The number of nitrogen functional groups attached to an aromatic ring is 1. The maximum atomic E-state index is 12.6. The second-order valence-electron chi connectivity index (χ2n) is 5.25. The van der Waals surface area contributed by atoms with Gasteiger partial charge in [-0.25, -0.2) is 0 Å². The van der Waals surface area contributed by atoms with Gasteiger partial charge in [-0.1, -0.05) is 42.8 Å². The molecule has 0 fully saturated rings. The summed E-state index contributed by atoms with van der Waals surface area (Å²) in [6, 6.07) is 5.89. The third-order valence-electron chi connectivity index (χ3n) is 4.32. The zero-order valence-electron chi connectivity index (χ0n) is 12.6. The Hall–Kier alpha value is -1.07. The first-order chi connectivity index (χ1) is 9.98. The Balaban J connectivity index is 2.41. The van der Waals surface area contributed by atoms with E-state index in [1.807, 2.05) is 18.2 Å². The van der Waals surface area contributed by atoms with E-state index in [0.29, 0.717) is 10.6 Å². The summed E-state index contributed by atoms with van der Waals surface area (Å²) in [6.07, 6.45) is 2.75. The highest BCUT2D eigenvalue weighted by molar-refractivity contribution is 9.10. The van der Waals surface area contributed by atoms with Gasteiger partial charge in [-0.3, -0.25) is 4.79 Å². The molecule has 1 aromatic carbocycles. The zero-order chi connectivity index (χ0) is 15.6. The van der Waals surface area contributed by atoms with Gasteiger partial charge in [-0.05, 0) is 31.4 Å². The summed E-state index contributed by atoms with van der Waals surface area (Å²) in [6.45, 7) is 6.33. The van der Waals surface area contributed by atoms with Crippen LogP contribution in [0.2, 0.25) is 0 Å². The number of fused-ring (bicyclic) bond motifs is 1. The van der Waals surface area contributed by atoms with Gasteiger partial charge >= 0.3 is 0 Å². The summed E-state index contributed by atoms with van der Waals surface area (Å²) in [4.78, 5) is 13.3.